The molecule has 21 heavy (non-hydrogen) atoms. The molecule has 0 aliphatic carbocycles. The zero-order valence-corrected chi connectivity index (χ0v) is 13.9. The fourth-order valence-electron chi connectivity index (χ4n) is 2.54. The van der Waals surface area contributed by atoms with Crippen LogP contribution >= 0.6 is 0 Å². The highest BCUT2D eigenvalue weighted by Crippen LogP contribution is 2.20. The number of pyridine rings is 1. The second kappa shape index (κ2) is 8.65. The van der Waals surface area contributed by atoms with Gasteiger partial charge in [-0.1, -0.05) is 34.6 Å². The molecule has 0 aromatic carbocycles. The molecule has 2 N–H and O–H groups in total. The van der Waals surface area contributed by atoms with Gasteiger partial charge in [-0.3, -0.25) is 9.78 Å². The number of nitrogens with zero attached hydrogens (tertiary/aromatic N) is 1. The molecular weight excluding hydrogens is 262 g/mol. The van der Waals surface area contributed by atoms with Gasteiger partial charge in [-0.15, -0.1) is 0 Å². The van der Waals surface area contributed by atoms with Crippen molar-refractivity contribution >= 4 is 11.6 Å². The normalized spacial score (nSPS) is 11.2. The number of hydrogen-bond donors (Lipinski definition) is 2. The van der Waals surface area contributed by atoms with Crippen LogP contribution in [0.5, 0.6) is 0 Å². The number of rotatable bonds is 8. The third-order valence-corrected chi connectivity index (χ3v) is 3.84. The van der Waals surface area contributed by atoms with E-state index in [-0.39, 0.29) is 5.91 Å². The molecule has 0 atom stereocenters. The van der Waals surface area contributed by atoms with Crippen molar-refractivity contribution in [1.82, 2.24) is 10.3 Å². The number of anilines is 1. The average molecular weight is 291 g/mol. The first kappa shape index (κ1) is 17.5. The third kappa shape index (κ3) is 5.37. The second-order valence-electron chi connectivity index (χ2n) is 6.21. The Bertz CT molecular complexity index is 435. The Kier molecular flexibility index (Phi) is 7.20. The van der Waals surface area contributed by atoms with E-state index in [1.54, 1.807) is 18.5 Å². The summed E-state index contributed by atoms with van der Waals surface area (Å²) < 4.78 is 0. The van der Waals surface area contributed by atoms with Crippen LogP contribution in [0.3, 0.4) is 0 Å². The summed E-state index contributed by atoms with van der Waals surface area (Å²) in [5.41, 5.74) is 1.48. The molecule has 0 spiro atoms. The van der Waals surface area contributed by atoms with Crippen molar-refractivity contribution in [2.24, 2.45) is 17.8 Å². The summed E-state index contributed by atoms with van der Waals surface area (Å²) >= 11 is 0. The molecule has 0 radical (unpaired) electrons. The maximum Gasteiger partial charge on any atom is 0.253 e. The Balaban J connectivity index is 2.71. The first-order valence-corrected chi connectivity index (χ1v) is 7.93. The Morgan fingerprint density at radius 1 is 1.24 bits per heavy atom. The van der Waals surface area contributed by atoms with Crippen molar-refractivity contribution < 1.29 is 4.79 Å². The number of carbonyl (C=O) groups excluding carboxylic acids is 1. The van der Waals surface area contributed by atoms with E-state index >= 15 is 0 Å². The largest absolute Gasteiger partial charge is 0.383 e. The van der Waals surface area contributed by atoms with Gasteiger partial charge < -0.3 is 10.6 Å². The topological polar surface area (TPSA) is 54.0 Å². The van der Waals surface area contributed by atoms with E-state index in [0.29, 0.717) is 29.9 Å². The van der Waals surface area contributed by atoms with Gasteiger partial charge in [0, 0.05) is 19.3 Å². The van der Waals surface area contributed by atoms with Crippen molar-refractivity contribution in [2.45, 2.75) is 41.0 Å². The molecule has 0 bridgehead atoms. The molecule has 118 valence electrons. The molecule has 1 aromatic rings. The Hall–Kier alpha value is -1.58. The maximum atomic E-state index is 12.4. The lowest BCUT2D eigenvalue weighted by Gasteiger charge is -2.25. The molecule has 1 heterocycles. The number of nitrogens with one attached hydrogen (secondary N) is 2. The Morgan fingerprint density at radius 2 is 1.90 bits per heavy atom. The summed E-state index contributed by atoms with van der Waals surface area (Å²) in [4.78, 5) is 16.5. The molecule has 1 rings (SSSR count). The van der Waals surface area contributed by atoms with E-state index in [1.807, 2.05) is 0 Å². The molecule has 0 saturated heterocycles. The van der Waals surface area contributed by atoms with Gasteiger partial charge in [-0.05, 0) is 30.2 Å². The van der Waals surface area contributed by atoms with Crippen LogP contribution in [0, 0.1) is 17.8 Å². The van der Waals surface area contributed by atoms with Gasteiger partial charge in [0.25, 0.3) is 5.91 Å². The van der Waals surface area contributed by atoms with Gasteiger partial charge in [0.1, 0.15) is 0 Å². The van der Waals surface area contributed by atoms with Gasteiger partial charge in [0.05, 0.1) is 17.4 Å². The number of carbonyl (C=O) groups is 1. The van der Waals surface area contributed by atoms with E-state index in [9.17, 15) is 4.79 Å². The van der Waals surface area contributed by atoms with Gasteiger partial charge >= 0.3 is 0 Å². The van der Waals surface area contributed by atoms with Crippen molar-refractivity contribution in [2.75, 3.05) is 18.4 Å². The summed E-state index contributed by atoms with van der Waals surface area (Å²) in [5.74, 6) is 1.57. The van der Waals surface area contributed by atoms with Crippen LogP contribution in [0.25, 0.3) is 0 Å². The Morgan fingerprint density at radius 3 is 2.48 bits per heavy atom. The van der Waals surface area contributed by atoms with Crippen LogP contribution in [0.1, 0.15) is 51.4 Å². The molecule has 1 amide bonds. The van der Waals surface area contributed by atoms with E-state index in [0.717, 1.165) is 18.7 Å². The second-order valence-corrected chi connectivity index (χ2v) is 6.21. The number of aromatic nitrogens is 1. The van der Waals surface area contributed by atoms with Crippen molar-refractivity contribution in [3.63, 3.8) is 0 Å². The van der Waals surface area contributed by atoms with Crippen LogP contribution in [-0.2, 0) is 0 Å². The quantitative estimate of drug-likeness (QED) is 0.770. The smallest absolute Gasteiger partial charge is 0.253 e. The monoisotopic (exact) mass is 291 g/mol. The van der Waals surface area contributed by atoms with E-state index in [4.69, 9.17) is 0 Å². The van der Waals surface area contributed by atoms with Crippen LogP contribution in [0.15, 0.2) is 18.5 Å². The third-order valence-electron chi connectivity index (χ3n) is 3.84. The fourth-order valence-corrected chi connectivity index (χ4v) is 2.54. The molecule has 0 saturated carbocycles. The van der Waals surface area contributed by atoms with Gasteiger partial charge in [0.15, 0.2) is 0 Å². The highest BCUT2D eigenvalue weighted by molar-refractivity contribution is 5.99. The molecule has 4 nitrogen and oxygen atoms in total. The predicted molar refractivity (Wildman–Crippen MR) is 88.5 cm³/mol. The van der Waals surface area contributed by atoms with E-state index in [1.165, 1.54) is 0 Å². The van der Waals surface area contributed by atoms with Crippen molar-refractivity contribution in [3.8, 4) is 0 Å². The minimum Gasteiger partial charge on any atom is -0.383 e. The fraction of sp³-hybridized carbons (Fsp3) is 0.647. The van der Waals surface area contributed by atoms with Crippen LogP contribution in [0.2, 0.25) is 0 Å². The minimum atomic E-state index is -0.0256. The van der Waals surface area contributed by atoms with Crippen LogP contribution in [-0.4, -0.2) is 24.0 Å². The van der Waals surface area contributed by atoms with E-state index < -0.39 is 0 Å². The van der Waals surface area contributed by atoms with Crippen molar-refractivity contribution in [3.05, 3.63) is 24.0 Å². The first-order valence-electron chi connectivity index (χ1n) is 7.93. The van der Waals surface area contributed by atoms with Gasteiger partial charge in [-0.2, -0.15) is 0 Å². The lowest BCUT2D eigenvalue weighted by Crippen LogP contribution is -2.34. The molecule has 0 fully saturated rings. The van der Waals surface area contributed by atoms with Crippen LogP contribution in [0.4, 0.5) is 5.69 Å². The number of amides is 1. The molecular formula is C17H29N3O. The predicted octanol–water partition coefficient (Wildman–Crippen LogP) is 3.56. The molecule has 1 aromatic heterocycles. The van der Waals surface area contributed by atoms with Gasteiger partial charge in [-0.25, -0.2) is 0 Å². The molecule has 0 aliphatic rings. The summed E-state index contributed by atoms with van der Waals surface area (Å²) in [6.07, 6.45) is 4.39. The van der Waals surface area contributed by atoms with Crippen molar-refractivity contribution in [1.29, 1.82) is 0 Å². The average Bonchev–Trinajstić information content (AvgIpc) is 2.44. The summed E-state index contributed by atoms with van der Waals surface area (Å²) in [6, 6.07) is 1.77. The lowest BCUT2D eigenvalue weighted by molar-refractivity contribution is 0.0938. The van der Waals surface area contributed by atoms with Gasteiger partial charge in [0.2, 0.25) is 0 Å². The molecule has 4 heteroatoms. The lowest BCUT2D eigenvalue weighted by atomic mass is 9.85. The molecule has 0 unspecified atom stereocenters. The highest BCUT2D eigenvalue weighted by atomic mass is 16.1. The van der Waals surface area contributed by atoms with Crippen LogP contribution < -0.4 is 10.6 Å². The highest BCUT2D eigenvalue weighted by Gasteiger charge is 2.19. The number of hydrogen-bond acceptors (Lipinski definition) is 3. The maximum absolute atomic E-state index is 12.4. The Labute approximate surface area is 128 Å². The molecule has 0 aliphatic heterocycles. The first-order chi connectivity index (χ1) is 9.97. The summed E-state index contributed by atoms with van der Waals surface area (Å²) in [7, 11) is 0. The minimum absolute atomic E-state index is 0.0256. The summed E-state index contributed by atoms with van der Waals surface area (Å²) in [6.45, 7) is 12.5. The zero-order valence-electron chi connectivity index (χ0n) is 13.9. The van der Waals surface area contributed by atoms with E-state index in [2.05, 4.69) is 50.2 Å². The standard InChI is InChI=1S/C17H29N3O/c1-6-8-19-16-11-18-9-7-14(16)17(21)20-10-15(12(2)3)13(4)5/h7,9,11-13,15,19H,6,8,10H2,1-5H3,(H,20,21). The SMILES string of the molecule is CCCNc1cnccc1C(=O)NCC(C(C)C)C(C)C. The summed E-state index contributed by atoms with van der Waals surface area (Å²) in [5, 5.41) is 6.33. The zero-order chi connectivity index (χ0) is 15.8.